The average Bonchev–Trinajstić information content (AvgIpc) is 3.23. The zero-order valence-electron chi connectivity index (χ0n) is 16.9. The number of thiophene rings is 1. The second kappa shape index (κ2) is 7.54. The van der Waals surface area contributed by atoms with Crippen molar-refractivity contribution in [2.45, 2.75) is 40.2 Å². The van der Waals surface area contributed by atoms with Gasteiger partial charge in [-0.2, -0.15) is 0 Å². The lowest BCUT2D eigenvalue weighted by atomic mass is 9.95. The largest absolute Gasteiger partial charge is 0.464 e. The molecule has 0 aliphatic carbocycles. The van der Waals surface area contributed by atoms with E-state index in [1.54, 1.807) is 22.6 Å². The number of fused-ring (bicyclic) bond motifs is 1. The fraction of sp³-hybridized carbons (Fsp3) is 0.476. The molecule has 4 rings (SSSR count). The van der Waals surface area contributed by atoms with E-state index in [1.807, 2.05) is 26.1 Å². The van der Waals surface area contributed by atoms with E-state index in [9.17, 15) is 4.79 Å². The van der Waals surface area contributed by atoms with Crippen LogP contribution in [0.3, 0.4) is 0 Å². The van der Waals surface area contributed by atoms with Crippen molar-refractivity contribution >= 4 is 33.3 Å². The van der Waals surface area contributed by atoms with Gasteiger partial charge >= 0.3 is 0 Å². The molecule has 1 aliphatic heterocycles. The highest BCUT2D eigenvalue weighted by Crippen LogP contribution is 2.35. The molecule has 1 aliphatic rings. The lowest BCUT2D eigenvalue weighted by molar-refractivity contribution is -0.135. The van der Waals surface area contributed by atoms with E-state index in [0.29, 0.717) is 6.54 Å². The third-order valence-corrected chi connectivity index (χ3v) is 6.77. The van der Waals surface area contributed by atoms with Crippen molar-refractivity contribution in [1.29, 1.82) is 0 Å². The van der Waals surface area contributed by atoms with Crippen LogP contribution in [0.1, 0.15) is 34.8 Å². The number of nitrogens with zero attached hydrogens (tertiary/aromatic N) is 4. The minimum atomic E-state index is 0.0555. The van der Waals surface area contributed by atoms with Gasteiger partial charge in [0.2, 0.25) is 5.91 Å². The van der Waals surface area contributed by atoms with Crippen molar-refractivity contribution in [2.24, 2.45) is 5.92 Å². The van der Waals surface area contributed by atoms with Gasteiger partial charge in [-0.3, -0.25) is 4.79 Å². The van der Waals surface area contributed by atoms with Crippen LogP contribution in [-0.2, 0) is 11.3 Å². The summed E-state index contributed by atoms with van der Waals surface area (Å²) in [6, 6.07) is 3.87. The van der Waals surface area contributed by atoms with Crippen LogP contribution in [0, 0.1) is 26.7 Å². The molecule has 0 aromatic carbocycles. The van der Waals surface area contributed by atoms with Crippen LogP contribution in [0.15, 0.2) is 22.9 Å². The Morgan fingerprint density at radius 1 is 1.25 bits per heavy atom. The first-order valence-corrected chi connectivity index (χ1v) is 10.5. The minimum absolute atomic E-state index is 0.0555. The van der Waals surface area contributed by atoms with Crippen LogP contribution < -0.4 is 4.90 Å². The van der Waals surface area contributed by atoms with E-state index in [-0.39, 0.29) is 11.8 Å². The number of carbonyl (C=O) groups excluding carboxylic acids is 1. The monoisotopic (exact) mass is 398 g/mol. The molecule has 1 saturated heterocycles. The predicted octanol–water partition coefficient (Wildman–Crippen LogP) is 4.08. The van der Waals surface area contributed by atoms with E-state index in [4.69, 9.17) is 4.42 Å². The van der Waals surface area contributed by atoms with Crippen molar-refractivity contribution < 1.29 is 9.21 Å². The Morgan fingerprint density at radius 3 is 2.68 bits per heavy atom. The Balaban J connectivity index is 1.43. The summed E-state index contributed by atoms with van der Waals surface area (Å²) in [5.74, 6) is 2.97. The second-order valence-electron chi connectivity index (χ2n) is 7.63. The molecule has 0 bridgehead atoms. The first-order valence-electron chi connectivity index (χ1n) is 9.70. The molecule has 0 radical (unpaired) electrons. The standard InChI is InChI=1S/C21H26N4O2S/c1-13-5-6-17(27-13)11-24(4)21(26)16-7-9-25(10-8-16)19-18-14(2)15(3)28-20(18)23-12-22-19/h5-6,12,16H,7-11H2,1-4H3. The van der Waals surface area contributed by atoms with Gasteiger partial charge in [0.05, 0.1) is 11.9 Å². The van der Waals surface area contributed by atoms with Gasteiger partial charge in [-0.1, -0.05) is 0 Å². The highest BCUT2D eigenvalue weighted by molar-refractivity contribution is 7.18. The van der Waals surface area contributed by atoms with E-state index in [2.05, 4.69) is 28.7 Å². The topological polar surface area (TPSA) is 62.5 Å². The minimum Gasteiger partial charge on any atom is -0.464 e. The second-order valence-corrected chi connectivity index (χ2v) is 8.83. The number of anilines is 1. The summed E-state index contributed by atoms with van der Waals surface area (Å²) < 4.78 is 5.61. The smallest absolute Gasteiger partial charge is 0.225 e. The van der Waals surface area contributed by atoms with Gasteiger partial charge in [0.25, 0.3) is 0 Å². The van der Waals surface area contributed by atoms with Crippen molar-refractivity contribution in [2.75, 3.05) is 25.0 Å². The van der Waals surface area contributed by atoms with Gasteiger partial charge in [-0.15, -0.1) is 11.3 Å². The number of amides is 1. The average molecular weight is 399 g/mol. The zero-order chi connectivity index (χ0) is 19.8. The molecule has 0 N–H and O–H groups in total. The molecule has 6 nitrogen and oxygen atoms in total. The Morgan fingerprint density at radius 2 is 2.00 bits per heavy atom. The Kier molecular flexibility index (Phi) is 5.10. The Labute approximate surface area is 169 Å². The molecule has 7 heteroatoms. The number of piperidine rings is 1. The van der Waals surface area contributed by atoms with E-state index >= 15 is 0 Å². The van der Waals surface area contributed by atoms with Crippen LogP contribution in [-0.4, -0.2) is 40.9 Å². The molecule has 3 aromatic heterocycles. The van der Waals surface area contributed by atoms with Crippen molar-refractivity contribution in [1.82, 2.24) is 14.9 Å². The molecule has 1 amide bonds. The lowest BCUT2D eigenvalue weighted by Gasteiger charge is -2.34. The van der Waals surface area contributed by atoms with Crippen LogP contribution in [0.2, 0.25) is 0 Å². The number of hydrogen-bond donors (Lipinski definition) is 0. The summed E-state index contributed by atoms with van der Waals surface area (Å²) in [5.41, 5.74) is 1.27. The zero-order valence-corrected chi connectivity index (χ0v) is 17.7. The van der Waals surface area contributed by atoms with Gasteiger partial charge in [0.1, 0.15) is 28.5 Å². The number of carbonyl (C=O) groups is 1. The summed E-state index contributed by atoms with van der Waals surface area (Å²) in [7, 11) is 1.86. The highest BCUT2D eigenvalue weighted by atomic mass is 32.1. The van der Waals surface area contributed by atoms with Gasteiger partial charge in [-0.05, 0) is 51.3 Å². The maximum atomic E-state index is 12.9. The van der Waals surface area contributed by atoms with Crippen molar-refractivity contribution in [3.8, 4) is 0 Å². The summed E-state index contributed by atoms with van der Waals surface area (Å²) in [6.07, 6.45) is 3.34. The van der Waals surface area contributed by atoms with E-state index in [1.165, 1.54) is 15.8 Å². The SMILES string of the molecule is Cc1ccc(CN(C)C(=O)C2CCN(c3ncnc4sc(C)c(C)c34)CC2)o1. The van der Waals surface area contributed by atoms with Crippen LogP contribution >= 0.6 is 11.3 Å². The maximum absolute atomic E-state index is 12.9. The first-order chi connectivity index (χ1) is 13.4. The molecule has 4 heterocycles. The van der Waals surface area contributed by atoms with Crippen molar-refractivity contribution in [3.63, 3.8) is 0 Å². The fourth-order valence-corrected chi connectivity index (χ4v) is 4.93. The van der Waals surface area contributed by atoms with Gasteiger partial charge < -0.3 is 14.2 Å². The molecular weight excluding hydrogens is 372 g/mol. The predicted molar refractivity (Wildman–Crippen MR) is 112 cm³/mol. The van der Waals surface area contributed by atoms with Gasteiger partial charge in [0, 0.05) is 30.9 Å². The first kappa shape index (κ1) is 18.9. The molecule has 0 spiro atoms. The number of furan rings is 1. The normalized spacial score (nSPS) is 15.4. The summed E-state index contributed by atoms with van der Waals surface area (Å²) in [4.78, 5) is 28.3. The van der Waals surface area contributed by atoms with Gasteiger partial charge in [-0.25, -0.2) is 9.97 Å². The van der Waals surface area contributed by atoms with E-state index < -0.39 is 0 Å². The van der Waals surface area contributed by atoms with Crippen LogP contribution in [0.4, 0.5) is 5.82 Å². The summed E-state index contributed by atoms with van der Waals surface area (Å²) in [5, 5.41) is 1.17. The van der Waals surface area contributed by atoms with Crippen LogP contribution in [0.5, 0.6) is 0 Å². The third-order valence-electron chi connectivity index (χ3n) is 5.65. The Hall–Kier alpha value is -2.41. The Bertz CT molecular complexity index is 1000. The molecule has 148 valence electrons. The fourth-order valence-electron chi connectivity index (χ4n) is 3.94. The number of rotatable bonds is 4. The molecule has 0 atom stereocenters. The van der Waals surface area contributed by atoms with Gasteiger partial charge in [0.15, 0.2) is 0 Å². The molecular formula is C21H26N4O2S. The molecule has 28 heavy (non-hydrogen) atoms. The van der Waals surface area contributed by atoms with E-state index in [0.717, 1.165) is 48.1 Å². The molecule has 1 fully saturated rings. The number of aryl methyl sites for hydroxylation is 3. The quantitative estimate of drug-likeness (QED) is 0.662. The van der Waals surface area contributed by atoms with Crippen LogP contribution in [0.25, 0.3) is 10.2 Å². The molecule has 3 aromatic rings. The summed E-state index contributed by atoms with van der Waals surface area (Å²) >= 11 is 1.72. The van der Waals surface area contributed by atoms with Crippen molar-refractivity contribution in [3.05, 3.63) is 40.4 Å². The number of aromatic nitrogens is 2. The molecule has 0 unspecified atom stereocenters. The number of hydrogen-bond acceptors (Lipinski definition) is 6. The highest BCUT2D eigenvalue weighted by Gasteiger charge is 2.29. The summed E-state index contributed by atoms with van der Waals surface area (Å²) in [6.45, 7) is 8.39. The lowest BCUT2D eigenvalue weighted by Crippen LogP contribution is -2.41. The maximum Gasteiger partial charge on any atom is 0.225 e. The third kappa shape index (κ3) is 3.51. The molecule has 0 saturated carbocycles.